The van der Waals surface area contributed by atoms with Crippen molar-refractivity contribution in [2.75, 3.05) is 25.0 Å². The molecule has 23 heavy (non-hydrogen) atoms. The van der Waals surface area contributed by atoms with Crippen LogP contribution in [0.25, 0.3) is 11.0 Å². The zero-order valence-electron chi connectivity index (χ0n) is 14.0. The summed E-state index contributed by atoms with van der Waals surface area (Å²) in [7, 11) is 1.86. The minimum absolute atomic E-state index is 0. The molecule has 0 bridgehead atoms. The number of rotatable bonds is 6. The first-order valence-corrected chi connectivity index (χ1v) is 7.53. The Morgan fingerprint density at radius 2 is 2.13 bits per heavy atom. The summed E-state index contributed by atoms with van der Waals surface area (Å²) in [5.74, 6) is 1.61. The maximum atomic E-state index is 4.52. The maximum Gasteiger partial charge on any atom is 0.191 e. The number of aryl methyl sites for hydroxylation is 1. The third kappa shape index (κ3) is 5.48. The van der Waals surface area contributed by atoms with Crippen molar-refractivity contribution in [2.24, 2.45) is 12.0 Å². The highest BCUT2D eigenvalue weighted by atomic mass is 127. The molecule has 0 atom stereocenters. The molecule has 0 aromatic carbocycles. The lowest BCUT2D eigenvalue weighted by Gasteiger charge is -2.14. The average Bonchev–Trinajstić information content (AvgIpc) is 2.86. The molecule has 8 nitrogen and oxygen atoms in total. The molecule has 128 valence electrons. The van der Waals surface area contributed by atoms with E-state index in [1.807, 2.05) is 7.05 Å². The minimum atomic E-state index is 0. The van der Waals surface area contributed by atoms with Crippen molar-refractivity contribution in [1.82, 2.24) is 30.4 Å². The molecule has 0 amide bonds. The van der Waals surface area contributed by atoms with E-state index in [-0.39, 0.29) is 24.0 Å². The molecule has 0 radical (unpaired) electrons. The molecular formula is C14H25IN8. The lowest BCUT2D eigenvalue weighted by molar-refractivity contribution is 0.701. The molecule has 3 N–H and O–H groups in total. The van der Waals surface area contributed by atoms with Crippen LogP contribution in [0.5, 0.6) is 0 Å². The Morgan fingerprint density at radius 3 is 2.83 bits per heavy atom. The quantitative estimate of drug-likeness (QED) is 0.276. The Bertz CT molecular complexity index is 637. The summed E-state index contributed by atoms with van der Waals surface area (Å²) in [6.07, 6.45) is 3.31. The van der Waals surface area contributed by atoms with Gasteiger partial charge in [0.05, 0.1) is 18.1 Å². The van der Waals surface area contributed by atoms with Crippen molar-refractivity contribution in [3.63, 3.8) is 0 Å². The third-order valence-electron chi connectivity index (χ3n) is 2.97. The lowest BCUT2D eigenvalue weighted by Crippen LogP contribution is -2.41. The van der Waals surface area contributed by atoms with Gasteiger partial charge in [0.2, 0.25) is 0 Å². The Balaban J connectivity index is 0.00000264. The Morgan fingerprint density at radius 1 is 1.35 bits per heavy atom. The first-order chi connectivity index (χ1) is 10.6. The summed E-state index contributed by atoms with van der Waals surface area (Å²) in [6, 6.07) is 0.350. The van der Waals surface area contributed by atoms with Gasteiger partial charge in [-0.25, -0.2) is 9.97 Å². The van der Waals surface area contributed by atoms with Gasteiger partial charge in [-0.1, -0.05) is 0 Å². The van der Waals surface area contributed by atoms with Gasteiger partial charge in [-0.15, -0.1) is 24.0 Å². The van der Waals surface area contributed by atoms with Crippen molar-refractivity contribution in [3.8, 4) is 0 Å². The SMILES string of the molecule is CCNC(=NCCNc1ncnc2c1cnn2C)NC(C)C.I. The number of nitrogens with one attached hydrogen (secondary N) is 3. The zero-order valence-corrected chi connectivity index (χ0v) is 16.3. The smallest absolute Gasteiger partial charge is 0.191 e. The molecule has 2 aromatic heterocycles. The van der Waals surface area contributed by atoms with Crippen molar-refractivity contribution >= 4 is 46.8 Å². The van der Waals surface area contributed by atoms with E-state index >= 15 is 0 Å². The fourth-order valence-corrected chi connectivity index (χ4v) is 2.04. The van der Waals surface area contributed by atoms with Crippen molar-refractivity contribution in [1.29, 1.82) is 0 Å². The minimum Gasteiger partial charge on any atom is -0.367 e. The summed E-state index contributed by atoms with van der Waals surface area (Å²) in [5.41, 5.74) is 0.816. The number of hydrogen-bond donors (Lipinski definition) is 3. The van der Waals surface area contributed by atoms with Crippen molar-refractivity contribution < 1.29 is 0 Å². The maximum absolute atomic E-state index is 4.52. The van der Waals surface area contributed by atoms with Gasteiger partial charge in [-0.2, -0.15) is 5.10 Å². The number of aromatic nitrogens is 4. The molecular weight excluding hydrogens is 407 g/mol. The van der Waals surface area contributed by atoms with E-state index in [0.717, 1.165) is 29.4 Å². The van der Waals surface area contributed by atoms with Gasteiger partial charge in [-0.05, 0) is 20.8 Å². The fourth-order valence-electron chi connectivity index (χ4n) is 2.04. The second kappa shape index (κ2) is 9.48. The van der Waals surface area contributed by atoms with E-state index in [2.05, 4.69) is 56.8 Å². The van der Waals surface area contributed by atoms with Crippen LogP contribution < -0.4 is 16.0 Å². The Labute approximate surface area is 153 Å². The van der Waals surface area contributed by atoms with Gasteiger partial charge in [-0.3, -0.25) is 9.67 Å². The predicted octanol–water partition coefficient (Wildman–Crippen LogP) is 1.36. The molecule has 0 saturated carbocycles. The average molecular weight is 432 g/mol. The van der Waals surface area contributed by atoms with Gasteiger partial charge in [0.25, 0.3) is 0 Å². The van der Waals surface area contributed by atoms with Gasteiger partial charge in [0.1, 0.15) is 12.1 Å². The highest BCUT2D eigenvalue weighted by Gasteiger charge is 2.06. The monoisotopic (exact) mass is 432 g/mol. The van der Waals surface area contributed by atoms with E-state index in [4.69, 9.17) is 0 Å². The number of halogens is 1. The second-order valence-corrected chi connectivity index (χ2v) is 5.21. The molecule has 0 saturated heterocycles. The highest BCUT2D eigenvalue weighted by Crippen LogP contribution is 2.17. The standard InChI is InChI=1S/C14H24N8.HI/c1-5-15-14(21-10(2)3)17-7-6-16-12-11-8-20-22(4)13(11)19-9-18-12;/h8-10H,5-7H2,1-4H3,(H2,15,17,21)(H,16,18,19);1H. The summed E-state index contributed by atoms with van der Waals surface area (Å²) >= 11 is 0. The number of nitrogens with zero attached hydrogens (tertiary/aromatic N) is 5. The number of aliphatic imine (C=N–C) groups is 1. The van der Waals surface area contributed by atoms with Crippen LogP contribution in [-0.2, 0) is 7.05 Å². The fraction of sp³-hybridized carbons (Fsp3) is 0.571. The van der Waals surface area contributed by atoms with Crippen LogP contribution in [0.1, 0.15) is 20.8 Å². The van der Waals surface area contributed by atoms with E-state index < -0.39 is 0 Å². The first kappa shape index (κ1) is 19.4. The summed E-state index contributed by atoms with van der Waals surface area (Å²) in [6.45, 7) is 8.41. The van der Waals surface area contributed by atoms with Gasteiger partial charge in [0, 0.05) is 26.2 Å². The summed E-state index contributed by atoms with van der Waals surface area (Å²) < 4.78 is 1.73. The van der Waals surface area contributed by atoms with Crippen molar-refractivity contribution in [3.05, 3.63) is 12.5 Å². The third-order valence-corrected chi connectivity index (χ3v) is 2.97. The van der Waals surface area contributed by atoms with Crippen LogP contribution >= 0.6 is 24.0 Å². The first-order valence-electron chi connectivity index (χ1n) is 7.53. The molecule has 0 unspecified atom stereocenters. The van der Waals surface area contributed by atoms with Crippen LogP contribution in [0.2, 0.25) is 0 Å². The highest BCUT2D eigenvalue weighted by molar-refractivity contribution is 14.0. The van der Waals surface area contributed by atoms with Gasteiger partial charge in [0.15, 0.2) is 11.6 Å². The molecule has 0 aliphatic heterocycles. The lowest BCUT2D eigenvalue weighted by atomic mass is 10.4. The Kier molecular flexibility index (Phi) is 8.00. The predicted molar refractivity (Wildman–Crippen MR) is 104 cm³/mol. The normalized spacial score (nSPS) is 11.4. The van der Waals surface area contributed by atoms with E-state index in [0.29, 0.717) is 19.1 Å². The van der Waals surface area contributed by atoms with Crippen LogP contribution in [0.15, 0.2) is 17.5 Å². The molecule has 0 aliphatic carbocycles. The molecule has 2 heterocycles. The Hall–Kier alpha value is -1.65. The molecule has 0 fully saturated rings. The van der Waals surface area contributed by atoms with Crippen LogP contribution in [0.3, 0.4) is 0 Å². The largest absolute Gasteiger partial charge is 0.367 e. The van der Waals surface area contributed by atoms with Crippen LogP contribution in [0, 0.1) is 0 Å². The zero-order chi connectivity index (χ0) is 15.9. The number of hydrogen-bond acceptors (Lipinski definition) is 5. The number of fused-ring (bicyclic) bond motifs is 1. The number of anilines is 1. The van der Waals surface area contributed by atoms with E-state index in [1.54, 1.807) is 17.2 Å². The molecule has 0 spiro atoms. The molecule has 9 heteroatoms. The topological polar surface area (TPSA) is 92.1 Å². The molecule has 2 rings (SSSR count). The second-order valence-electron chi connectivity index (χ2n) is 5.21. The summed E-state index contributed by atoms with van der Waals surface area (Å²) in [4.78, 5) is 13.0. The van der Waals surface area contributed by atoms with E-state index in [1.165, 1.54) is 0 Å². The van der Waals surface area contributed by atoms with Gasteiger partial charge < -0.3 is 16.0 Å². The molecule has 0 aliphatic rings. The van der Waals surface area contributed by atoms with Gasteiger partial charge >= 0.3 is 0 Å². The van der Waals surface area contributed by atoms with Crippen molar-refractivity contribution in [2.45, 2.75) is 26.8 Å². The van der Waals surface area contributed by atoms with Crippen LogP contribution in [-0.4, -0.2) is 51.4 Å². The molecule has 2 aromatic rings. The number of guanidine groups is 1. The summed E-state index contributed by atoms with van der Waals surface area (Å²) in [5, 5.41) is 14.9. The van der Waals surface area contributed by atoms with E-state index in [9.17, 15) is 0 Å². The van der Waals surface area contributed by atoms with Crippen LogP contribution in [0.4, 0.5) is 5.82 Å².